The van der Waals surface area contributed by atoms with Crippen LogP contribution < -0.4 is 5.32 Å². The van der Waals surface area contributed by atoms with Gasteiger partial charge in [-0.15, -0.1) is 0 Å². The van der Waals surface area contributed by atoms with Crippen LogP contribution in [0.4, 0.5) is 13.2 Å². The summed E-state index contributed by atoms with van der Waals surface area (Å²) in [5.41, 5.74) is -0.509. The molecule has 0 aliphatic heterocycles. The second-order valence-electron chi connectivity index (χ2n) is 2.62. The van der Waals surface area contributed by atoms with Crippen LogP contribution in [0.3, 0.4) is 0 Å². The minimum atomic E-state index is -4.29. The van der Waals surface area contributed by atoms with Crippen molar-refractivity contribution in [1.29, 1.82) is 0 Å². The molecule has 0 unspecified atom stereocenters. The van der Waals surface area contributed by atoms with E-state index < -0.39 is 11.7 Å². The van der Waals surface area contributed by atoms with Crippen molar-refractivity contribution in [2.45, 2.75) is 12.6 Å². The standard InChI is InChI=1S/C9H10F3N/c1-13-8-6-4-2-3-5-7(8)9(10,11)12/h3-6,13H,2H2,1H3. The molecule has 0 amide bonds. The first-order valence-corrected chi connectivity index (χ1v) is 3.88. The summed E-state index contributed by atoms with van der Waals surface area (Å²) < 4.78 is 37.1. The highest BCUT2D eigenvalue weighted by Crippen LogP contribution is 2.30. The van der Waals surface area contributed by atoms with Gasteiger partial charge in [0.05, 0.1) is 5.57 Å². The van der Waals surface area contributed by atoms with Crippen molar-refractivity contribution >= 4 is 0 Å². The van der Waals surface area contributed by atoms with Gasteiger partial charge in [-0.1, -0.05) is 18.2 Å². The largest absolute Gasteiger partial charge is 0.418 e. The van der Waals surface area contributed by atoms with Crippen LogP contribution in [-0.4, -0.2) is 13.2 Å². The summed E-state index contributed by atoms with van der Waals surface area (Å²) in [6.45, 7) is 0. The number of allylic oxidation sites excluding steroid dienone is 5. The number of hydrogen-bond donors (Lipinski definition) is 1. The van der Waals surface area contributed by atoms with Crippen molar-refractivity contribution in [1.82, 2.24) is 5.32 Å². The second-order valence-corrected chi connectivity index (χ2v) is 2.62. The van der Waals surface area contributed by atoms with Gasteiger partial charge in [-0.05, 0) is 12.5 Å². The van der Waals surface area contributed by atoms with Crippen molar-refractivity contribution < 1.29 is 13.2 Å². The van der Waals surface area contributed by atoms with Gasteiger partial charge in [0.2, 0.25) is 0 Å². The Morgan fingerprint density at radius 3 is 2.38 bits per heavy atom. The van der Waals surface area contributed by atoms with E-state index >= 15 is 0 Å². The maximum absolute atomic E-state index is 12.4. The highest BCUT2D eigenvalue weighted by atomic mass is 19.4. The molecule has 0 saturated carbocycles. The van der Waals surface area contributed by atoms with Crippen LogP contribution in [0.2, 0.25) is 0 Å². The van der Waals surface area contributed by atoms with Crippen LogP contribution >= 0.6 is 0 Å². The molecule has 1 rings (SSSR count). The number of likely N-dealkylation sites (N-methyl/N-ethyl adjacent to an activating group) is 1. The molecule has 0 spiro atoms. The molecule has 0 aromatic heterocycles. The van der Waals surface area contributed by atoms with Crippen LogP contribution in [0.1, 0.15) is 6.42 Å². The molecule has 1 nitrogen and oxygen atoms in total. The zero-order chi connectivity index (χ0) is 9.90. The molecule has 0 atom stereocenters. The Morgan fingerprint density at radius 1 is 1.23 bits per heavy atom. The molecule has 13 heavy (non-hydrogen) atoms. The second kappa shape index (κ2) is 3.68. The third-order valence-corrected chi connectivity index (χ3v) is 1.71. The monoisotopic (exact) mass is 189 g/mol. The van der Waals surface area contributed by atoms with E-state index in [2.05, 4.69) is 5.32 Å². The molecule has 0 bridgehead atoms. The average molecular weight is 189 g/mol. The molecule has 1 N–H and O–H groups in total. The normalized spacial score (nSPS) is 17.5. The van der Waals surface area contributed by atoms with E-state index in [-0.39, 0.29) is 5.70 Å². The Morgan fingerprint density at radius 2 is 1.85 bits per heavy atom. The highest BCUT2D eigenvalue weighted by Gasteiger charge is 2.34. The zero-order valence-corrected chi connectivity index (χ0v) is 7.15. The lowest BCUT2D eigenvalue weighted by Crippen LogP contribution is -2.17. The Labute approximate surface area is 74.6 Å². The van der Waals surface area contributed by atoms with E-state index in [0.29, 0.717) is 6.42 Å². The van der Waals surface area contributed by atoms with E-state index in [1.54, 1.807) is 6.08 Å². The minimum absolute atomic E-state index is 0.112. The van der Waals surface area contributed by atoms with Gasteiger partial charge >= 0.3 is 6.18 Å². The highest BCUT2D eigenvalue weighted by molar-refractivity contribution is 5.37. The lowest BCUT2D eigenvalue weighted by atomic mass is 10.2. The molecular formula is C9H10F3N. The number of halogens is 3. The summed E-state index contributed by atoms with van der Waals surface area (Å²) in [6, 6.07) is 0. The van der Waals surface area contributed by atoms with Crippen molar-refractivity contribution in [2.24, 2.45) is 0 Å². The van der Waals surface area contributed by atoms with Crippen LogP contribution in [0.15, 0.2) is 35.6 Å². The molecule has 0 fully saturated rings. The van der Waals surface area contributed by atoms with Crippen LogP contribution in [0.25, 0.3) is 0 Å². The molecule has 0 heterocycles. The van der Waals surface area contributed by atoms with Crippen molar-refractivity contribution in [3.63, 3.8) is 0 Å². The molecule has 4 heteroatoms. The number of nitrogens with one attached hydrogen (secondary N) is 1. The smallest absolute Gasteiger partial charge is 0.388 e. The summed E-state index contributed by atoms with van der Waals surface area (Å²) in [5, 5.41) is 2.52. The zero-order valence-electron chi connectivity index (χ0n) is 7.15. The Balaban J connectivity index is 3.11. The van der Waals surface area contributed by atoms with Gasteiger partial charge in [0.25, 0.3) is 0 Å². The maximum atomic E-state index is 12.4. The number of hydrogen-bond acceptors (Lipinski definition) is 1. The molecule has 0 aromatic rings. The van der Waals surface area contributed by atoms with Crippen LogP contribution in [0, 0.1) is 0 Å². The summed E-state index contributed by atoms with van der Waals surface area (Å²) in [4.78, 5) is 0. The van der Waals surface area contributed by atoms with Crippen molar-refractivity contribution in [2.75, 3.05) is 7.05 Å². The van der Waals surface area contributed by atoms with Crippen LogP contribution in [0.5, 0.6) is 0 Å². The first-order valence-electron chi connectivity index (χ1n) is 3.88. The first-order chi connectivity index (χ1) is 6.05. The predicted octanol–water partition coefficient (Wildman–Crippen LogP) is 2.54. The van der Waals surface area contributed by atoms with Crippen molar-refractivity contribution in [3.8, 4) is 0 Å². The molecule has 72 valence electrons. The van der Waals surface area contributed by atoms with Crippen LogP contribution in [-0.2, 0) is 0 Å². The van der Waals surface area contributed by atoms with Gasteiger partial charge in [0, 0.05) is 12.7 Å². The van der Waals surface area contributed by atoms with Crippen molar-refractivity contribution in [3.05, 3.63) is 35.6 Å². The fraction of sp³-hybridized carbons (Fsp3) is 0.333. The quantitative estimate of drug-likeness (QED) is 0.668. The average Bonchev–Trinajstić information content (AvgIpc) is 2.26. The SMILES string of the molecule is CNC1=C(C(F)(F)F)C=CCC=C1. The van der Waals surface area contributed by atoms with Gasteiger partial charge in [-0.2, -0.15) is 13.2 Å². The lowest BCUT2D eigenvalue weighted by Gasteiger charge is -2.11. The van der Waals surface area contributed by atoms with Gasteiger partial charge in [-0.3, -0.25) is 0 Å². The Hall–Kier alpha value is -1.19. The predicted molar refractivity (Wildman–Crippen MR) is 45.0 cm³/mol. The van der Waals surface area contributed by atoms with E-state index in [4.69, 9.17) is 0 Å². The molecule has 1 aliphatic rings. The van der Waals surface area contributed by atoms with Gasteiger partial charge in [0.15, 0.2) is 0 Å². The van der Waals surface area contributed by atoms with E-state index in [1.165, 1.54) is 19.2 Å². The Kier molecular flexibility index (Phi) is 2.80. The van der Waals surface area contributed by atoms with Gasteiger partial charge in [0.1, 0.15) is 0 Å². The summed E-state index contributed by atoms with van der Waals surface area (Å²) >= 11 is 0. The molecule has 1 aliphatic carbocycles. The fourth-order valence-electron chi connectivity index (χ4n) is 1.10. The van der Waals surface area contributed by atoms with E-state index in [0.717, 1.165) is 6.08 Å². The topological polar surface area (TPSA) is 12.0 Å². The first kappa shape index (κ1) is 9.89. The minimum Gasteiger partial charge on any atom is -0.388 e. The molecular weight excluding hydrogens is 179 g/mol. The molecule has 0 aromatic carbocycles. The number of alkyl halides is 3. The van der Waals surface area contributed by atoms with Gasteiger partial charge < -0.3 is 5.32 Å². The third-order valence-electron chi connectivity index (χ3n) is 1.71. The fourth-order valence-corrected chi connectivity index (χ4v) is 1.10. The van der Waals surface area contributed by atoms with E-state index in [9.17, 15) is 13.2 Å². The molecule has 0 radical (unpaired) electrons. The lowest BCUT2D eigenvalue weighted by molar-refractivity contribution is -0.0890. The van der Waals surface area contributed by atoms with Gasteiger partial charge in [-0.25, -0.2) is 0 Å². The molecule has 0 saturated heterocycles. The van der Waals surface area contributed by atoms with E-state index in [1.807, 2.05) is 0 Å². The summed E-state index contributed by atoms with van der Waals surface area (Å²) in [5.74, 6) is 0. The number of rotatable bonds is 1. The Bertz CT molecular complexity index is 271. The summed E-state index contributed by atoms with van der Waals surface area (Å²) in [7, 11) is 1.48. The maximum Gasteiger partial charge on any atom is 0.418 e. The third kappa shape index (κ3) is 2.37. The summed E-state index contributed by atoms with van der Waals surface area (Å²) in [6.07, 6.45) is 1.97.